The van der Waals surface area contributed by atoms with Gasteiger partial charge in [-0.2, -0.15) is 0 Å². The fourth-order valence-electron chi connectivity index (χ4n) is 4.77. The number of pyridine rings is 2. The summed E-state index contributed by atoms with van der Waals surface area (Å²) in [5, 5.41) is 8.47. The lowest BCUT2D eigenvalue weighted by Gasteiger charge is -2.23. The zero-order valence-electron chi connectivity index (χ0n) is 18.7. The van der Waals surface area contributed by atoms with E-state index in [9.17, 15) is 4.79 Å². The molecule has 5 heterocycles. The van der Waals surface area contributed by atoms with E-state index in [0.717, 1.165) is 48.8 Å². The van der Waals surface area contributed by atoms with E-state index < -0.39 is 0 Å². The zero-order chi connectivity index (χ0) is 22.4. The Morgan fingerprint density at radius 2 is 2.03 bits per heavy atom. The molecule has 0 aromatic carbocycles. The van der Waals surface area contributed by atoms with Gasteiger partial charge in [-0.15, -0.1) is 10.2 Å². The topological polar surface area (TPSA) is 106 Å². The maximum absolute atomic E-state index is 13.5. The number of aromatic nitrogens is 5. The lowest BCUT2D eigenvalue weighted by molar-refractivity contribution is 0.0996. The van der Waals surface area contributed by atoms with Crippen LogP contribution in [0.2, 0.25) is 0 Å². The number of fused-ring (bicyclic) bond motifs is 1. The molecule has 1 fully saturated rings. The van der Waals surface area contributed by atoms with E-state index in [1.807, 2.05) is 42.7 Å². The van der Waals surface area contributed by atoms with Gasteiger partial charge in [-0.3, -0.25) is 9.69 Å². The number of amides is 1. The maximum atomic E-state index is 13.5. The average molecular weight is 433 g/mol. The SMILES string of the molecule is CCn1c(C)nnc1-c1cccc(N2Cc3c(cc(N4CCC[C@H]4C)nc3CN)C2=O)n1. The molecule has 0 spiro atoms. The Hall–Kier alpha value is -3.33. The molecule has 0 bridgehead atoms. The minimum Gasteiger partial charge on any atom is -0.354 e. The summed E-state index contributed by atoms with van der Waals surface area (Å²) in [5.74, 6) is 2.90. The fraction of sp³-hybridized carbons (Fsp3) is 0.435. The summed E-state index contributed by atoms with van der Waals surface area (Å²) in [5.41, 5.74) is 9.09. The molecule has 9 nitrogen and oxygen atoms in total. The summed E-state index contributed by atoms with van der Waals surface area (Å²) in [4.78, 5) is 27.0. The predicted molar refractivity (Wildman–Crippen MR) is 122 cm³/mol. The van der Waals surface area contributed by atoms with Gasteiger partial charge in [0.05, 0.1) is 17.8 Å². The summed E-state index contributed by atoms with van der Waals surface area (Å²) >= 11 is 0. The molecule has 2 N–H and O–H groups in total. The van der Waals surface area contributed by atoms with E-state index in [-0.39, 0.29) is 5.91 Å². The summed E-state index contributed by atoms with van der Waals surface area (Å²) in [6.45, 7) is 8.58. The number of nitrogens with zero attached hydrogens (tertiary/aromatic N) is 7. The number of hydrogen-bond donors (Lipinski definition) is 1. The van der Waals surface area contributed by atoms with Crippen LogP contribution in [0.3, 0.4) is 0 Å². The smallest absolute Gasteiger partial charge is 0.260 e. The first-order valence-corrected chi connectivity index (χ1v) is 11.2. The van der Waals surface area contributed by atoms with Gasteiger partial charge in [-0.05, 0) is 51.8 Å². The molecular weight excluding hydrogens is 404 g/mol. The molecule has 9 heteroatoms. The molecule has 1 atom stereocenters. The van der Waals surface area contributed by atoms with Crippen LogP contribution in [-0.2, 0) is 19.6 Å². The lowest BCUT2D eigenvalue weighted by atomic mass is 10.1. The van der Waals surface area contributed by atoms with Crippen molar-refractivity contribution < 1.29 is 4.79 Å². The number of carbonyl (C=O) groups excluding carboxylic acids is 1. The van der Waals surface area contributed by atoms with Crippen LogP contribution >= 0.6 is 0 Å². The largest absolute Gasteiger partial charge is 0.354 e. The van der Waals surface area contributed by atoms with Gasteiger partial charge >= 0.3 is 0 Å². The highest BCUT2D eigenvalue weighted by Gasteiger charge is 2.34. The first kappa shape index (κ1) is 20.6. The number of rotatable bonds is 5. The number of hydrogen-bond acceptors (Lipinski definition) is 7. The first-order valence-electron chi connectivity index (χ1n) is 11.2. The van der Waals surface area contributed by atoms with Gasteiger partial charge in [0.1, 0.15) is 23.2 Å². The lowest BCUT2D eigenvalue weighted by Crippen LogP contribution is -2.28. The highest BCUT2D eigenvalue weighted by atomic mass is 16.2. The molecule has 5 rings (SSSR count). The molecule has 0 radical (unpaired) electrons. The van der Waals surface area contributed by atoms with Crippen molar-refractivity contribution in [2.24, 2.45) is 5.73 Å². The van der Waals surface area contributed by atoms with E-state index in [2.05, 4.69) is 22.0 Å². The number of carbonyl (C=O) groups is 1. The van der Waals surface area contributed by atoms with Gasteiger partial charge in [0.25, 0.3) is 5.91 Å². The molecule has 0 saturated carbocycles. The zero-order valence-corrected chi connectivity index (χ0v) is 18.7. The van der Waals surface area contributed by atoms with Crippen LogP contribution in [0.25, 0.3) is 11.5 Å². The Kier molecular flexibility index (Phi) is 5.13. The van der Waals surface area contributed by atoms with Crippen LogP contribution in [-0.4, -0.2) is 43.2 Å². The van der Waals surface area contributed by atoms with Crippen LogP contribution in [0.1, 0.15) is 54.1 Å². The summed E-state index contributed by atoms with van der Waals surface area (Å²) < 4.78 is 2.01. The molecule has 1 saturated heterocycles. The standard InChI is InChI=1S/C23H28N8O/c1-4-29-15(3)27-28-22(29)18-8-5-9-20(25-18)31-13-17-16(23(31)32)11-21(26-19(17)12-24)30-10-6-7-14(30)2/h5,8-9,11,14H,4,6-7,10,12-13,24H2,1-3H3/t14-/m1/s1. The molecule has 1 amide bonds. The van der Waals surface area contributed by atoms with Crippen LogP contribution in [0.4, 0.5) is 11.6 Å². The molecule has 0 unspecified atom stereocenters. The monoisotopic (exact) mass is 432 g/mol. The van der Waals surface area contributed by atoms with Crippen molar-refractivity contribution in [1.29, 1.82) is 0 Å². The summed E-state index contributed by atoms with van der Waals surface area (Å²) in [7, 11) is 0. The van der Waals surface area contributed by atoms with E-state index in [4.69, 9.17) is 15.7 Å². The van der Waals surface area contributed by atoms with Crippen molar-refractivity contribution in [2.75, 3.05) is 16.3 Å². The van der Waals surface area contributed by atoms with Crippen molar-refractivity contribution in [2.45, 2.75) is 59.3 Å². The van der Waals surface area contributed by atoms with Gasteiger partial charge in [0.15, 0.2) is 5.82 Å². The normalized spacial score (nSPS) is 18.0. The molecule has 0 aliphatic carbocycles. The van der Waals surface area contributed by atoms with Crippen LogP contribution in [0.15, 0.2) is 24.3 Å². The highest BCUT2D eigenvalue weighted by molar-refractivity contribution is 6.10. The van der Waals surface area contributed by atoms with Gasteiger partial charge < -0.3 is 15.2 Å². The summed E-state index contributed by atoms with van der Waals surface area (Å²) in [6.07, 6.45) is 2.27. The third kappa shape index (κ3) is 3.24. The minimum absolute atomic E-state index is 0.0667. The number of aryl methyl sites for hydroxylation is 1. The third-order valence-corrected chi connectivity index (χ3v) is 6.52. The Bertz CT molecular complexity index is 1190. The second-order valence-electron chi connectivity index (χ2n) is 8.43. The molecular formula is C23H28N8O. The second kappa shape index (κ2) is 7.98. The Morgan fingerprint density at radius 3 is 2.75 bits per heavy atom. The Balaban J connectivity index is 1.51. The van der Waals surface area contributed by atoms with Crippen molar-refractivity contribution in [3.8, 4) is 11.5 Å². The number of anilines is 2. The molecule has 166 valence electrons. The summed E-state index contributed by atoms with van der Waals surface area (Å²) in [6, 6.07) is 7.99. The van der Waals surface area contributed by atoms with E-state index >= 15 is 0 Å². The molecule has 32 heavy (non-hydrogen) atoms. The van der Waals surface area contributed by atoms with Gasteiger partial charge in [0.2, 0.25) is 0 Å². The predicted octanol–water partition coefficient (Wildman–Crippen LogP) is 2.67. The van der Waals surface area contributed by atoms with Crippen molar-refractivity contribution >= 4 is 17.5 Å². The van der Waals surface area contributed by atoms with Crippen LogP contribution < -0.4 is 15.5 Å². The maximum Gasteiger partial charge on any atom is 0.260 e. The average Bonchev–Trinajstić information content (AvgIpc) is 3.50. The Labute approximate surface area is 187 Å². The van der Waals surface area contributed by atoms with Crippen LogP contribution in [0, 0.1) is 6.92 Å². The molecule has 3 aromatic heterocycles. The molecule has 3 aromatic rings. The van der Waals surface area contributed by atoms with Crippen molar-refractivity contribution in [1.82, 2.24) is 24.7 Å². The molecule has 2 aliphatic heterocycles. The van der Waals surface area contributed by atoms with Crippen LogP contribution in [0.5, 0.6) is 0 Å². The third-order valence-electron chi connectivity index (χ3n) is 6.52. The van der Waals surface area contributed by atoms with Crippen molar-refractivity contribution in [3.63, 3.8) is 0 Å². The quantitative estimate of drug-likeness (QED) is 0.661. The van der Waals surface area contributed by atoms with E-state index in [1.54, 1.807) is 4.90 Å². The van der Waals surface area contributed by atoms with E-state index in [0.29, 0.717) is 42.0 Å². The second-order valence-corrected chi connectivity index (χ2v) is 8.43. The fourth-order valence-corrected chi connectivity index (χ4v) is 4.77. The van der Waals surface area contributed by atoms with Gasteiger partial charge in [0, 0.05) is 31.2 Å². The highest BCUT2D eigenvalue weighted by Crippen LogP contribution is 2.34. The molecule has 2 aliphatic rings. The minimum atomic E-state index is -0.0667. The number of nitrogens with two attached hydrogens (primary N) is 1. The van der Waals surface area contributed by atoms with Gasteiger partial charge in [-0.1, -0.05) is 6.07 Å². The first-order chi connectivity index (χ1) is 15.5. The van der Waals surface area contributed by atoms with Crippen molar-refractivity contribution in [3.05, 3.63) is 46.9 Å². The van der Waals surface area contributed by atoms with Gasteiger partial charge in [-0.25, -0.2) is 9.97 Å². The van der Waals surface area contributed by atoms with E-state index in [1.165, 1.54) is 0 Å². The Morgan fingerprint density at radius 1 is 1.19 bits per heavy atom.